The summed E-state index contributed by atoms with van der Waals surface area (Å²) in [6.45, 7) is 4.26. The number of rotatable bonds is 7. The molecule has 0 spiro atoms. The molecule has 0 fully saturated rings. The Kier molecular flexibility index (Phi) is 6.38. The van der Waals surface area contributed by atoms with Gasteiger partial charge in [-0.1, -0.05) is 12.1 Å². The molecule has 0 amide bonds. The first-order valence-corrected chi connectivity index (χ1v) is 11.8. The van der Waals surface area contributed by atoms with Crippen LogP contribution >= 0.6 is 10.6 Å². The second kappa shape index (κ2) is 9.24. The van der Waals surface area contributed by atoms with Crippen LogP contribution in [0.2, 0.25) is 0 Å². The van der Waals surface area contributed by atoms with E-state index in [1.165, 1.54) is 12.4 Å². The topological polar surface area (TPSA) is 156 Å². The average Bonchev–Trinajstić information content (AvgIpc) is 3.30. The van der Waals surface area contributed by atoms with Gasteiger partial charge in [0.05, 0.1) is 23.0 Å². The van der Waals surface area contributed by atoms with Crippen LogP contribution in [0.25, 0.3) is 34.4 Å². The molecule has 10 nitrogen and oxygen atoms in total. The van der Waals surface area contributed by atoms with E-state index in [0.29, 0.717) is 22.2 Å². The van der Waals surface area contributed by atoms with Crippen LogP contribution in [-0.4, -0.2) is 46.6 Å². The van der Waals surface area contributed by atoms with E-state index >= 15 is 0 Å². The minimum Gasteiger partial charge on any atom is -0.414 e. The molecule has 1 aromatic carbocycles. The molecular weight excluding hydrogens is 442 g/mol. The first-order valence-electron chi connectivity index (χ1n) is 10.2. The van der Waals surface area contributed by atoms with Crippen molar-refractivity contribution in [3.63, 3.8) is 0 Å². The number of pyridine rings is 1. The Morgan fingerprint density at radius 1 is 1.00 bits per heavy atom. The third-order valence-electron chi connectivity index (χ3n) is 5.01. The molecule has 0 atom stereocenters. The van der Waals surface area contributed by atoms with E-state index in [1.54, 1.807) is 26.0 Å². The van der Waals surface area contributed by atoms with Crippen LogP contribution in [0.1, 0.15) is 22.3 Å². The van der Waals surface area contributed by atoms with Crippen molar-refractivity contribution in [2.45, 2.75) is 30.5 Å². The van der Waals surface area contributed by atoms with Crippen LogP contribution in [0, 0.1) is 0 Å². The molecule has 0 unspecified atom stereocenters. The summed E-state index contributed by atoms with van der Waals surface area (Å²) in [5, 5.41) is 11.0. The lowest BCUT2D eigenvalue weighted by Crippen LogP contribution is -2.10. The summed E-state index contributed by atoms with van der Waals surface area (Å²) in [6, 6.07) is 11.0. The Labute approximate surface area is 195 Å². The fourth-order valence-corrected chi connectivity index (χ4v) is 4.09. The van der Waals surface area contributed by atoms with Gasteiger partial charge in [0.15, 0.2) is 11.5 Å². The van der Waals surface area contributed by atoms with Gasteiger partial charge in [-0.15, -0.1) is 10.2 Å². The van der Waals surface area contributed by atoms with Gasteiger partial charge in [-0.05, 0) is 50.7 Å². The van der Waals surface area contributed by atoms with Crippen molar-refractivity contribution in [2.75, 3.05) is 12.8 Å². The van der Waals surface area contributed by atoms with Crippen LogP contribution in [-0.2, 0) is 6.54 Å². The minimum atomic E-state index is -2.92. The minimum absolute atomic E-state index is 0. The average molecular weight is 472 g/mol. The molecule has 33 heavy (non-hydrogen) atoms. The van der Waals surface area contributed by atoms with E-state index in [9.17, 15) is 9.11 Å². The van der Waals surface area contributed by atoms with Gasteiger partial charge in [-0.3, -0.25) is 14.1 Å². The standard InChI is InChI=1S/C22H25N7O3S.2H2/c1-13(2)33(30,31)16-8-9-17(25-11-16)18-12-26-20(23)19(27-18)22-29-28-21(32-22)15-6-4-14(5-7-15)10-24-3;;/h4-9,11-13,24,30-31H,10H2,1-3H3,(H2,23,26);2*1H. The van der Waals surface area contributed by atoms with Crippen molar-refractivity contribution in [3.05, 3.63) is 54.4 Å². The highest BCUT2D eigenvalue weighted by molar-refractivity contribution is 8.24. The quantitative estimate of drug-likeness (QED) is 0.301. The van der Waals surface area contributed by atoms with Crippen molar-refractivity contribution in [1.82, 2.24) is 30.5 Å². The highest BCUT2D eigenvalue weighted by atomic mass is 32.3. The third kappa shape index (κ3) is 4.71. The first kappa shape index (κ1) is 22.8. The largest absolute Gasteiger partial charge is 0.414 e. The van der Waals surface area contributed by atoms with E-state index in [4.69, 9.17) is 10.2 Å². The van der Waals surface area contributed by atoms with E-state index < -0.39 is 10.6 Å². The predicted octanol–water partition coefficient (Wildman–Crippen LogP) is 4.57. The zero-order valence-corrected chi connectivity index (χ0v) is 19.2. The highest BCUT2D eigenvalue weighted by Gasteiger charge is 2.21. The van der Waals surface area contributed by atoms with Gasteiger partial charge in [0, 0.05) is 20.2 Å². The molecule has 11 heteroatoms. The molecule has 0 saturated heterocycles. The van der Waals surface area contributed by atoms with Gasteiger partial charge in [0.25, 0.3) is 5.89 Å². The van der Waals surface area contributed by atoms with Crippen molar-refractivity contribution in [1.29, 1.82) is 0 Å². The molecule has 0 bridgehead atoms. The van der Waals surface area contributed by atoms with Gasteiger partial charge in [0.2, 0.25) is 5.89 Å². The molecule has 5 N–H and O–H groups in total. The van der Waals surface area contributed by atoms with Gasteiger partial charge in [-0.2, -0.15) is 10.6 Å². The highest BCUT2D eigenvalue weighted by Crippen LogP contribution is 2.51. The Bertz CT molecular complexity index is 1250. The third-order valence-corrected chi connectivity index (χ3v) is 7.26. The lowest BCUT2D eigenvalue weighted by molar-refractivity contribution is 0.476. The Morgan fingerprint density at radius 3 is 2.36 bits per heavy atom. The summed E-state index contributed by atoms with van der Waals surface area (Å²) in [5.41, 5.74) is 9.11. The maximum Gasteiger partial charge on any atom is 0.270 e. The van der Waals surface area contributed by atoms with E-state index in [-0.39, 0.29) is 25.5 Å². The molecule has 0 aliphatic carbocycles. The number of hydrogen-bond acceptors (Lipinski definition) is 10. The Hall–Kier alpha value is -3.38. The number of nitrogens with one attached hydrogen (secondary N) is 1. The van der Waals surface area contributed by atoms with Gasteiger partial charge < -0.3 is 15.5 Å². The SMILES string of the molecule is CNCc1ccc(-c2nnc(-c3nc(-c4ccc(S(O)(O)C(C)C)cn4)cnc3N)o2)cc1.[HH].[HH]. The number of aromatic nitrogens is 5. The van der Waals surface area contributed by atoms with Crippen molar-refractivity contribution in [2.24, 2.45) is 0 Å². The maximum absolute atomic E-state index is 10.3. The first-order chi connectivity index (χ1) is 15.8. The van der Waals surface area contributed by atoms with E-state index in [2.05, 4.69) is 30.5 Å². The molecular formula is C22H29N7O3S. The molecule has 0 radical (unpaired) electrons. The zero-order chi connectivity index (χ0) is 23.6. The summed E-state index contributed by atoms with van der Waals surface area (Å²) in [4.78, 5) is 13.4. The van der Waals surface area contributed by atoms with E-state index in [1.807, 2.05) is 31.3 Å². The second-order valence-electron chi connectivity index (χ2n) is 7.65. The molecule has 4 rings (SSSR count). The van der Waals surface area contributed by atoms with Gasteiger partial charge in [0.1, 0.15) is 5.69 Å². The van der Waals surface area contributed by atoms with Gasteiger partial charge in [-0.25, -0.2) is 9.97 Å². The summed E-state index contributed by atoms with van der Waals surface area (Å²) in [7, 11) is -1.03. The maximum atomic E-state index is 10.3. The van der Waals surface area contributed by atoms with Crippen LogP contribution in [0.5, 0.6) is 0 Å². The Balaban J connectivity index is 0.00000216. The molecule has 0 aliphatic heterocycles. The number of nitrogens with zero attached hydrogens (tertiary/aromatic N) is 5. The monoisotopic (exact) mass is 471 g/mol. The number of anilines is 1. The number of nitrogen functional groups attached to an aromatic ring is 1. The summed E-state index contributed by atoms with van der Waals surface area (Å²) in [5.74, 6) is 0.625. The van der Waals surface area contributed by atoms with Crippen LogP contribution in [0.3, 0.4) is 0 Å². The van der Waals surface area contributed by atoms with Gasteiger partial charge >= 0.3 is 0 Å². The molecule has 4 aromatic rings. The van der Waals surface area contributed by atoms with Crippen LogP contribution in [0.15, 0.2) is 58.1 Å². The fraction of sp³-hybridized carbons (Fsp3) is 0.227. The van der Waals surface area contributed by atoms with Crippen molar-refractivity contribution >= 4 is 16.4 Å². The number of hydrogen-bond donors (Lipinski definition) is 4. The molecule has 176 valence electrons. The van der Waals surface area contributed by atoms with Crippen LogP contribution < -0.4 is 11.1 Å². The normalized spacial score (nSPS) is 12.3. The van der Waals surface area contributed by atoms with E-state index in [0.717, 1.165) is 17.7 Å². The fourth-order valence-electron chi connectivity index (χ4n) is 3.07. The second-order valence-corrected chi connectivity index (χ2v) is 10.2. The molecule has 3 aromatic heterocycles. The molecule has 0 aliphatic rings. The lowest BCUT2D eigenvalue weighted by Gasteiger charge is -2.36. The lowest BCUT2D eigenvalue weighted by atomic mass is 10.1. The summed E-state index contributed by atoms with van der Waals surface area (Å²) in [6.07, 6.45) is 2.92. The van der Waals surface area contributed by atoms with Crippen molar-refractivity contribution < 1.29 is 16.4 Å². The van der Waals surface area contributed by atoms with Crippen LogP contribution in [0.4, 0.5) is 5.82 Å². The number of nitrogens with two attached hydrogens (primary N) is 1. The number of benzene rings is 1. The summed E-state index contributed by atoms with van der Waals surface area (Å²) < 4.78 is 26.4. The predicted molar refractivity (Wildman–Crippen MR) is 132 cm³/mol. The smallest absolute Gasteiger partial charge is 0.270 e. The Morgan fingerprint density at radius 2 is 1.73 bits per heavy atom. The molecule has 3 heterocycles. The van der Waals surface area contributed by atoms with Crippen molar-refractivity contribution in [3.8, 4) is 34.4 Å². The zero-order valence-electron chi connectivity index (χ0n) is 18.4. The summed E-state index contributed by atoms with van der Waals surface area (Å²) >= 11 is 0. The molecule has 0 saturated carbocycles.